The number of carbonyl (C=O) groups excluding carboxylic acids is 2. The number of allylic oxidation sites excluding steroid dienone is 22. The molecule has 0 fully saturated rings. The number of hydrogen-bond acceptors (Lipinski definition) is 5. The molecule has 0 aromatic carbocycles. The fourth-order valence-electron chi connectivity index (χ4n) is 10.5. The second-order valence-corrected chi connectivity index (χ2v) is 24.3. The van der Waals surface area contributed by atoms with Crippen molar-refractivity contribution in [3.8, 4) is 0 Å². The van der Waals surface area contributed by atoms with Crippen LogP contribution in [-0.2, 0) is 19.1 Å². The molecule has 0 amide bonds. The fourth-order valence-corrected chi connectivity index (χ4v) is 10.5. The molecule has 1 N–H and O–H groups in total. The number of unbranched alkanes of at least 4 members (excludes halogenated alkanes) is 37. The highest BCUT2D eigenvalue weighted by atomic mass is 16.6. The van der Waals surface area contributed by atoms with E-state index in [1.165, 1.54) is 205 Å². The lowest BCUT2D eigenvalue weighted by atomic mass is 10.0. The molecule has 0 aromatic rings. The van der Waals surface area contributed by atoms with Gasteiger partial charge in [0.1, 0.15) is 6.61 Å². The Morgan fingerprint density at radius 1 is 0.279 bits per heavy atom. The first kappa shape index (κ1) is 82.0. The molecule has 5 heteroatoms. The number of aliphatic hydroxyl groups is 1. The molecule has 1 unspecified atom stereocenters. The maximum Gasteiger partial charge on any atom is 0.306 e. The topological polar surface area (TPSA) is 72.8 Å². The average Bonchev–Trinajstić information content (AvgIpc) is 3.53. The minimum Gasteiger partial charge on any atom is -0.462 e. The van der Waals surface area contributed by atoms with Gasteiger partial charge in [0.05, 0.1) is 6.61 Å². The van der Waals surface area contributed by atoms with Gasteiger partial charge in [0.2, 0.25) is 0 Å². The van der Waals surface area contributed by atoms with Gasteiger partial charge in [-0.15, -0.1) is 0 Å². The van der Waals surface area contributed by atoms with Gasteiger partial charge in [0.25, 0.3) is 0 Å². The molecule has 0 aliphatic heterocycles. The second-order valence-electron chi connectivity index (χ2n) is 24.3. The highest BCUT2D eigenvalue weighted by molar-refractivity contribution is 5.70. The van der Waals surface area contributed by atoms with Crippen molar-refractivity contribution < 1.29 is 24.2 Å². The highest BCUT2D eigenvalue weighted by Crippen LogP contribution is 2.18. The Balaban J connectivity index is 3.54. The monoisotopic (exact) mass is 1190 g/mol. The number of esters is 2. The van der Waals surface area contributed by atoms with E-state index in [1.54, 1.807) is 0 Å². The molecular weight excluding hydrogens is 1050 g/mol. The number of ether oxygens (including phenoxy) is 2. The summed E-state index contributed by atoms with van der Waals surface area (Å²) in [6.07, 6.45) is 112. The number of carbonyl (C=O) groups is 2. The average molecular weight is 1190 g/mol. The third-order valence-electron chi connectivity index (χ3n) is 16.0. The Hall–Kier alpha value is -3.96. The zero-order valence-corrected chi connectivity index (χ0v) is 56.5. The van der Waals surface area contributed by atoms with Crippen LogP contribution in [0, 0.1) is 0 Å². The van der Waals surface area contributed by atoms with E-state index in [4.69, 9.17) is 9.47 Å². The molecule has 5 nitrogen and oxygen atoms in total. The molecule has 0 rings (SSSR count). The van der Waals surface area contributed by atoms with Crippen molar-refractivity contribution in [2.24, 2.45) is 0 Å². The summed E-state index contributed by atoms with van der Waals surface area (Å²) in [6.45, 7) is 4.03. The number of rotatable bonds is 67. The number of hydrogen-bond donors (Lipinski definition) is 1. The second kappa shape index (κ2) is 75.3. The van der Waals surface area contributed by atoms with Gasteiger partial charge in [0.15, 0.2) is 6.10 Å². The van der Waals surface area contributed by atoms with E-state index in [0.717, 1.165) is 116 Å². The van der Waals surface area contributed by atoms with Gasteiger partial charge in [-0.2, -0.15) is 0 Å². The SMILES string of the molecule is CC/C=C\C/C=C\C/C=C\C/C=C\C/C=C\C/C=C\C/C=C\C/C=C\C/C=C\C/C=C\C/C=C\CCCCCC(=O)OC(CO)COC(=O)CCCCCCCCCCCCCCCCCCCCCCCCCCCCCCCCCCCCC. The summed E-state index contributed by atoms with van der Waals surface area (Å²) in [7, 11) is 0. The van der Waals surface area contributed by atoms with E-state index in [9.17, 15) is 14.7 Å². The van der Waals surface area contributed by atoms with Crippen molar-refractivity contribution in [1.29, 1.82) is 0 Å². The van der Waals surface area contributed by atoms with Gasteiger partial charge in [-0.25, -0.2) is 0 Å². The summed E-state index contributed by atoms with van der Waals surface area (Å²) >= 11 is 0. The molecule has 0 saturated heterocycles. The largest absolute Gasteiger partial charge is 0.462 e. The fraction of sp³-hybridized carbons (Fsp3) is 0.704. The Bertz CT molecular complexity index is 1730. The lowest BCUT2D eigenvalue weighted by Gasteiger charge is -2.15. The van der Waals surface area contributed by atoms with Crippen LogP contribution in [0.5, 0.6) is 0 Å². The summed E-state index contributed by atoms with van der Waals surface area (Å²) in [4.78, 5) is 24.7. The molecule has 0 saturated carbocycles. The highest BCUT2D eigenvalue weighted by Gasteiger charge is 2.16. The summed E-state index contributed by atoms with van der Waals surface area (Å²) in [5, 5.41) is 9.70. The van der Waals surface area contributed by atoms with Crippen LogP contribution >= 0.6 is 0 Å². The van der Waals surface area contributed by atoms with Crippen LogP contribution in [0.3, 0.4) is 0 Å². The Morgan fingerprint density at radius 2 is 0.500 bits per heavy atom. The smallest absolute Gasteiger partial charge is 0.306 e. The minimum absolute atomic E-state index is 0.0840. The normalized spacial score (nSPS) is 13.0. The molecule has 0 heterocycles. The Labute approximate surface area is 534 Å². The Kier molecular flexibility index (Phi) is 71.8. The molecule has 0 spiro atoms. The van der Waals surface area contributed by atoms with E-state index < -0.39 is 6.10 Å². The van der Waals surface area contributed by atoms with Crippen LogP contribution in [-0.4, -0.2) is 36.4 Å². The molecule has 0 radical (unpaired) electrons. The molecule has 492 valence electrons. The van der Waals surface area contributed by atoms with Gasteiger partial charge in [-0.05, 0) is 96.3 Å². The molecule has 86 heavy (non-hydrogen) atoms. The van der Waals surface area contributed by atoms with Crippen molar-refractivity contribution in [2.75, 3.05) is 13.2 Å². The van der Waals surface area contributed by atoms with E-state index in [2.05, 4.69) is 148 Å². The molecule has 1 atom stereocenters. The third-order valence-corrected chi connectivity index (χ3v) is 16.0. The van der Waals surface area contributed by atoms with Crippen LogP contribution < -0.4 is 0 Å². The quantitative estimate of drug-likeness (QED) is 0.0373. The summed E-state index contributed by atoms with van der Waals surface area (Å²) < 4.78 is 10.7. The predicted molar refractivity (Wildman–Crippen MR) is 380 cm³/mol. The first-order valence-corrected chi connectivity index (χ1v) is 36.7. The van der Waals surface area contributed by atoms with Gasteiger partial charge in [-0.3, -0.25) is 9.59 Å². The third kappa shape index (κ3) is 72.5. The Morgan fingerprint density at radius 3 is 0.756 bits per heavy atom. The molecule has 0 aromatic heterocycles. The van der Waals surface area contributed by atoms with E-state index in [0.29, 0.717) is 12.8 Å². The lowest BCUT2D eigenvalue weighted by Crippen LogP contribution is -2.28. The minimum atomic E-state index is -0.800. The van der Waals surface area contributed by atoms with Crippen molar-refractivity contribution >= 4 is 11.9 Å². The van der Waals surface area contributed by atoms with Crippen LogP contribution in [0.15, 0.2) is 134 Å². The summed E-state index contributed by atoms with van der Waals surface area (Å²) in [6, 6.07) is 0. The van der Waals surface area contributed by atoms with Crippen molar-refractivity contribution in [3.05, 3.63) is 134 Å². The molecule has 0 bridgehead atoms. The van der Waals surface area contributed by atoms with Gasteiger partial charge >= 0.3 is 11.9 Å². The van der Waals surface area contributed by atoms with Crippen molar-refractivity contribution in [2.45, 2.75) is 354 Å². The zero-order valence-electron chi connectivity index (χ0n) is 56.5. The molecule has 0 aliphatic rings. The van der Waals surface area contributed by atoms with E-state index >= 15 is 0 Å². The zero-order chi connectivity index (χ0) is 61.9. The lowest BCUT2D eigenvalue weighted by molar-refractivity contribution is -0.161. The number of aliphatic hydroxyl groups excluding tert-OH is 1. The van der Waals surface area contributed by atoms with Crippen LogP contribution in [0.25, 0.3) is 0 Å². The molecular formula is C81H138O5. The van der Waals surface area contributed by atoms with Crippen LogP contribution in [0.1, 0.15) is 348 Å². The first-order valence-electron chi connectivity index (χ1n) is 36.7. The van der Waals surface area contributed by atoms with Crippen molar-refractivity contribution in [3.63, 3.8) is 0 Å². The van der Waals surface area contributed by atoms with Gasteiger partial charge < -0.3 is 14.6 Å². The summed E-state index contributed by atoms with van der Waals surface area (Å²) in [5.74, 6) is -0.624. The summed E-state index contributed by atoms with van der Waals surface area (Å²) in [5.41, 5.74) is 0. The van der Waals surface area contributed by atoms with Crippen molar-refractivity contribution in [1.82, 2.24) is 0 Å². The van der Waals surface area contributed by atoms with E-state index in [1.807, 2.05) is 0 Å². The van der Waals surface area contributed by atoms with Gasteiger partial charge in [-0.1, -0.05) is 372 Å². The van der Waals surface area contributed by atoms with Crippen LogP contribution in [0.2, 0.25) is 0 Å². The predicted octanol–water partition coefficient (Wildman–Crippen LogP) is 25.9. The standard InChI is InChI=1S/C81H138O5/c1-3-5-7-9-11-13-15-17-19-21-23-25-27-29-31-33-35-37-39-40-42-44-46-48-50-52-54-56-58-60-62-64-66-68-70-72-74-76-81(84)86-79(77-82)78-85-80(83)75-73-71-69-67-65-63-61-59-57-55-53-51-49-47-45-43-41-38-36-34-32-30-28-26-24-22-20-18-16-14-12-10-8-6-4-2/h5,7,11,13,17,19,23,25,29,31,35,37,40,42,46,48,52,54,58,60,64,66,79,82H,3-4,6,8-10,12,14-16,18,20-22,24,26-28,30,32-34,36,38-39,41,43-45,47,49-51,53,55-57,59,61-63,65,67-78H2,1-2H3/b7-5-,13-11-,19-17-,25-23-,31-29-,37-35-,42-40-,48-46-,54-52-,60-58-,66-64-. The molecule has 0 aliphatic carbocycles. The first-order chi connectivity index (χ1) is 42.6. The maximum absolute atomic E-state index is 12.4. The van der Waals surface area contributed by atoms with Crippen LogP contribution in [0.4, 0.5) is 0 Å². The van der Waals surface area contributed by atoms with Gasteiger partial charge in [0, 0.05) is 12.8 Å². The maximum atomic E-state index is 12.4. The van der Waals surface area contributed by atoms with E-state index in [-0.39, 0.29) is 25.2 Å².